The summed E-state index contributed by atoms with van der Waals surface area (Å²) < 4.78 is 5.23. The quantitative estimate of drug-likeness (QED) is 0.108. The Labute approximate surface area is 438 Å². The average Bonchev–Trinajstić information content (AvgIpc) is 3.62. The minimum absolute atomic E-state index is 0.00442. The molecule has 0 bridgehead atoms. The summed E-state index contributed by atoms with van der Waals surface area (Å²) in [6.07, 6.45) is 11.5. The second-order valence-corrected chi connectivity index (χ2v) is 21.4. The second-order valence-electron chi connectivity index (χ2n) is 21.4. The van der Waals surface area contributed by atoms with Gasteiger partial charge in [-0.1, -0.05) is 161 Å². The molecule has 0 amide bonds. The molecule has 4 atom stereocenters. The first kappa shape index (κ1) is 45.9. The van der Waals surface area contributed by atoms with Crippen LogP contribution in [0.5, 0.6) is 0 Å². The summed E-state index contributed by atoms with van der Waals surface area (Å²) in [5.41, 5.74) is 24.5. The Balaban J connectivity index is 0.927. The van der Waals surface area contributed by atoms with Gasteiger partial charge in [0.2, 0.25) is 11.4 Å². The van der Waals surface area contributed by atoms with Gasteiger partial charge in [0.15, 0.2) is 24.5 Å². The predicted octanol–water partition coefficient (Wildman–Crippen LogP) is 17.5. The standard InChI is InChI=1S/C72H64N2/c1-4-7-22-50-23-20-28-53(39-50)59-41-57(51-24-10-8-11-25-51)43-61(45-59)62-44-58(52-26-12-9-13-27-52)42-60(46-62)55-30-21-29-54(40-55)56-35-36-67-65(47-56)70-34-17-19-38-74(70)71(5-2)48-68(72(67,71)6-3)66-49-73-37-18-16-33-69(73)64-32-15-14-31-63(64)66/h8-21,23-47,66,68H,4-7,22,48-49H2,1-3H3/q+2. The Morgan fingerprint density at radius 1 is 0.419 bits per heavy atom. The van der Waals surface area contributed by atoms with Crippen molar-refractivity contribution in [3.8, 4) is 89.3 Å². The van der Waals surface area contributed by atoms with Gasteiger partial charge in [-0.15, -0.1) is 0 Å². The van der Waals surface area contributed by atoms with Crippen LogP contribution in [0.2, 0.25) is 0 Å². The molecular weight excluding hydrogens is 893 g/mol. The predicted molar refractivity (Wildman–Crippen MR) is 306 cm³/mol. The van der Waals surface area contributed by atoms with E-state index < -0.39 is 0 Å². The molecule has 360 valence electrons. The molecule has 0 spiro atoms. The zero-order valence-electron chi connectivity index (χ0n) is 43.0. The van der Waals surface area contributed by atoms with Crippen LogP contribution >= 0.6 is 0 Å². The van der Waals surface area contributed by atoms with Crippen molar-refractivity contribution in [2.75, 3.05) is 0 Å². The van der Waals surface area contributed by atoms with E-state index in [1.165, 1.54) is 119 Å². The molecule has 1 saturated carbocycles. The van der Waals surface area contributed by atoms with Gasteiger partial charge in [0.1, 0.15) is 0 Å². The van der Waals surface area contributed by atoms with E-state index in [-0.39, 0.29) is 11.0 Å². The van der Waals surface area contributed by atoms with Crippen LogP contribution in [0, 0.1) is 5.92 Å². The maximum Gasteiger partial charge on any atom is 0.213 e. The number of aromatic nitrogens is 2. The molecule has 2 aromatic heterocycles. The molecule has 0 saturated heterocycles. The van der Waals surface area contributed by atoms with Crippen molar-refractivity contribution in [3.63, 3.8) is 0 Å². The van der Waals surface area contributed by atoms with Gasteiger partial charge in [0.05, 0.1) is 11.0 Å². The maximum atomic E-state index is 2.71. The van der Waals surface area contributed by atoms with E-state index in [2.05, 4.69) is 267 Å². The lowest BCUT2D eigenvalue weighted by Crippen LogP contribution is -2.80. The van der Waals surface area contributed by atoms with E-state index in [1.54, 1.807) is 0 Å². The molecule has 0 radical (unpaired) electrons. The van der Waals surface area contributed by atoms with Crippen LogP contribution in [0.4, 0.5) is 0 Å². The van der Waals surface area contributed by atoms with E-state index in [1.807, 2.05) is 0 Å². The molecule has 8 aromatic carbocycles. The summed E-state index contributed by atoms with van der Waals surface area (Å²) in [4.78, 5) is 0. The molecule has 74 heavy (non-hydrogen) atoms. The first-order chi connectivity index (χ1) is 36.5. The molecule has 10 aromatic rings. The van der Waals surface area contributed by atoms with Gasteiger partial charge in [-0.2, -0.15) is 9.13 Å². The van der Waals surface area contributed by atoms with Gasteiger partial charge in [-0.05, 0) is 175 Å². The Bertz CT molecular complexity index is 3720. The first-order valence-corrected chi connectivity index (χ1v) is 27.3. The number of hydrogen-bond acceptors (Lipinski definition) is 0. The number of unbranched alkanes of at least 4 members (excludes halogenated alkanes) is 1. The monoisotopic (exact) mass is 957 g/mol. The third kappa shape index (κ3) is 7.52. The smallest absolute Gasteiger partial charge is 0.198 e. The van der Waals surface area contributed by atoms with Crippen molar-refractivity contribution < 1.29 is 9.13 Å². The van der Waals surface area contributed by atoms with Crippen LogP contribution in [0.1, 0.15) is 75.5 Å². The minimum Gasteiger partial charge on any atom is -0.198 e. The zero-order valence-corrected chi connectivity index (χ0v) is 43.0. The fourth-order valence-corrected chi connectivity index (χ4v) is 14.2. The lowest BCUT2D eigenvalue weighted by molar-refractivity contribution is -0.789. The van der Waals surface area contributed by atoms with Crippen molar-refractivity contribution in [3.05, 3.63) is 254 Å². The SMILES string of the molecule is CCCCc1cccc(-c2cc(-c3ccccc3)cc(-c3cc(-c4ccccc4)cc(-c4cccc(-c5ccc6c(c5)-c5cccc[n+]5C5(CC)CC(C7C[n+]8ccccc8-c8ccccc87)C65CC)c4)c3)c2)c1. The van der Waals surface area contributed by atoms with Crippen LogP contribution < -0.4 is 9.13 Å². The summed E-state index contributed by atoms with van der Waals surface area (Å²) in [5, 5.41) is 0. The fourth-order valence-electron chi connectivity index (χ4n) is 14.2. The maximum absolute atomic E-state index is 2.71. The van der Waals surface area contributed by atoms with Crippen LogP contribution in [-0.2, 0) is 23.9 Å². The van der Waals surface area contributed by atoms with Crippen molar-refractivity contribution in [1.29, 1.82) is 0 Å². The number of nitrogens with zero attached hydrogens (tertiary/aromatic N) is 2. The van der Waals surface area contributed by atoms with Gasteiger partial charge in [0.25, 0.3) is 0 Å². The third-order valence-electron chi connectivity index (χ3n) is 17.7. The molecule has 2 heteroatoms. The number of benzene rings is 8. The Morgan fingerprint density at radius 2 is 0.946 bits per heavy atom. The first-order valence-electron chi connectivity index (χ1n) is 27.3. The summed E-state index contributed by atoms with van der Waals surface area (Å²) in [6, 6.07) is 85.0. The number of fused-ring (bicyclic) bond motifs is 9. The number of hydrogen-bond donors (Lipinski definition) is 0. The lowest BCUT2D eigenvalue weighted by Gasteiger charge is -2.64. The molecule has 4 unspecified atom stereocenters. The van der Waals surface area contributed by atoms with Crippen molar-refractivity contribution >= 4 is 0 Å². The molecule has 2 nitrogen and oxygen atoms in total. The molecule has 0 N–H and O–H groups in total. The summed E-state index contributed by atoms with van der Waals surface area (Å²) >= 11 is 0. The van der Waals surface area contributed by atoms with Gasteiger partial charge >= 0.3 is 0 Å². The zero-order chi connectivity index (χ0) is 49.8. The topological polar surface area (TPSA) is 7.76 Å². The van der Waals surface area contributed by atoms with E-state index in [4.69, 9.17) is 0 Å². The highest BCUT2D eigenvalue weighted by Crippen LogP contribution is 2.69. The van der Waals surface area contributed by atoms with Gasteiger partial charge < -0.3 is 0 Å². The van der Waals surface area contributed by atoms with E-state index >= 15 is 0 Å². The molecular formula is C72H64N2+2. The van der Waals surface area contributed by atoms with Gasteiger partial charge in [-0.25, -0.2) is 0 Å². The van der Waals surface area contributed by atoms with E-state index in [0.717, 1.165) is 32.2 Å². The van der Waals surface area contributed by atoms with E-state index in [9.17, 15) is 0 Å². The number of aryl methyl sites for hydroxylation is 1. The Hall–Kier alpha value is -7.94. The van der Waals surface area contributed by atoms with Crippen molar-refractivity contribution in [2.45, 2.75) is 82.7 Å². The largest absolute Gasteiger partial charge is 0.213 e. The van der Waals surface area contributed by atoms with Crippen LogP contribution in [0.3, 0.4) is 0 Å². The number of rotatable bonds is 12. The minimum atomic E-state index is -0.0368. The summed E-state index contributed by atoms with van der Waals surface area (Å²) in [5.74, 6) is 0.890. The Kier molecular flexibility index (Phi) is 11.7. The molecule has 4 heterocycles. The highest BCUT2D eigenvalue weighted by atomic mass is 15.1. The van der Waals surface area contributed by atoms with Gasteiger partial charge in [0, 0.05) is 48.6 Å². The molecule has 3 aliphatic rings. The van der Waals surface area contributed by atoms with Gasteiger partial charge in [-0.3, -0.25) is 0 Å². The van der Waals surface area contributed by atoms with Crippen LogP contribution in [-0.4, -0.2) is 0 Å². The number of pyridine rings is 2. The van der Waals surface area contributed by atoms with Crippen molar-refractivity contribution in [2.24, 2.45) is 5.92 Å². The molecule has 1 fully saturated rings. The summed E-state index contributed by atoms with van der Waals surface area (Å²) in [7, 11) is 0. The highest BCUT2D eigenvalue weighted by Gasteiger charge is 2.75. The van der Waals surface area contributed by atoms with Crippen LogP contribution in [0.15, 0.2) is 237 Å². The molecule has 1 aliphatic carbocycles. The second kappa shape index (κ2) is 18.8. The van der Waals surface area contributed by atoms with E-state index in [0.29, 0.717) is 11.8 Å². The highest BCUT2D eigenvalue weighted by molar-refractivity contribution is 5.87. The molecule has 13 rings (SSSR count). The summed E-state index contributed by atoms with van der Waals surface area (Å²) in [6.45, 7) is 8.20. The van der Waals surface area contributed by atoms with Crippen molar-refractivity contribution in [1.82, 2.24) is 0 Å². The third-order valence-corrected chi connectivity index (χ3v) is 17.7. The van der Waals surface area contributed by atoms with Crippen LogP contribution in [0.25, 0.3) is 89.3 Å². The lowest BCUT2D eigenvalue weighted by atomic mass is 9.39. The Morgan fingerprint density at radius 3 is 1.61 bits per heavy atom. The molecule has 2 aliphatic heterocycles. The fraction of sp³-hybridized carbons (Fsp3) is 0.194. The average molecular weight is 957 g/mol. The normalized spacial score (nSPS) is 19.0.